The topological polar surface area (TPSA) is 42.4 Å². The van der Waals surface area contributed by atoms with Gasteiger partial charge in [0.25, 0.3) is 0 Å². The molecular formula is C16H11BrClNO2. The monoisotopic (exact) mass is 363 g/mol. The predicted octanol–water partition coefficient (Wildman–Crippen LogP) is 5.03. The Morgan fingerprint density at radius 1 is 1.14 bits per heavy atom. The number of hydrogen-bond donors (Lipinski definition) is 1. The Kier molecular flexibility index (Phi) is 3.74. The number of rotatable bonds is 2. The molecular weight excluding hydrogens is 354 g/mol. The van der Waals surface area contributed by atoms with Gasteiger partial charge in [0.05, 0.1) is 17.1 Å². The molecule has 0 aliphatic heterocycles. The number of hydrogen-bond acceptors (Lipinski definition) is 3. The number of halogens is 2. The standard InChI is InChI=1S/C16H11BrClNO2/c1-21-11-6-7-13-12(8-11)14(17)16(20)15(19-13)9-2-4-10(18)5-3-9/h2-8,20H,1H3. The van der Waals surface area contributed by atoms with Crippen LogP contribution in [0.2, 0.25) is 5.02 Å². The average molecular weight is 365 g/mol. The quantitative estimate of drug-likeness (QED) is 0.693. The summed E-state index contributed by atoms with van der Waals surface area (Å²) in [4.78, 5) is 4.53. The number of methoxy groups -OCH3 is 1. The van der Waals surface area contributed by atoms with Crippen molar-refractivity contribution in [3.05, 3.63) is 52.0 Å². The summed E-state index contributed by atoms with van der Waals surface area (Å²) in [6, 6.07) is 12.7. The zero-order valence-corrected chi connectivity index (χ0v) is 13.4. The van der Waals surface area contributed by atoms with Crippen molar-refractivity contribution in [2.24, 2.45) is 0 Å². The van der Waals surface area contributed by atoms with E-state index in [0.29, 0.717) is 20.9 Å². The van der Waals surface area contributed by atoms with E-state index < -0.39 is 0 Å². The van der Waals surface area contributed by atoms with Crippen LogP contribution in [0.25, 0.3) is 22.2 Å². The molecule has 0 atom stereocenters. The summed E-state index contributed by atoms with van der Waals surface area (Å²) >= 11 is 9.33. The lowest BCUT2D eigenvalue weighted by Gasteiger charge is -2.10. The van der Waals surface area contributed by atoms with Gasteiger partial charge in [-0.15, -0.1) is 0 Å². The fourth-order valence-corrected chi connectivity index (χ4v) is 2.76. The number of aromatic hydroxyl groups is 1. The molecule has 1 aromatic heterocycles. The molecule has 3 aromatic rings. The minimum absolute atomic E-state index is 0.0954. The predicted molar refractivity (Wildman–Crippen MR) is 88.1 cm³/mol. The van der Waals surface area contributed by atoms with Crippen LogP contribution in [-0.2, 0) is 0 Å². The Hall–Kier alpha value is -1.78. The number of pyridine rings is 1. The van der Waals surface area contributed by atoms with Crippen LogP contribution in [0.1, 0.15) is 0 Å². The fraction of sp³-hybridized carbons (Fsp3) is 0.0625. The second-order valence-electron chi connectivity index (χ2n) is 4.51. The van der Waals surface area contributed by atoms with Gasteiger partial charge in [0, 0.05) is 16.0 Å². The Bertz CT molecular complexity index is 819. The molecule has 3 rings (SSSR count). The molecule has 106 valence electrons. The third-order valence-corrected chi connectivity index (χ3v) is 4.28. The molecule has 5 heteroatoms. The third-order valence-electron chi connectivity index (χ3n) is 3.22. The first-order valence-corrected chi connectivity index (χ1v) is 7.39. The number of ether oxygens (including phenoxy) is 1. The highest BCUT2D eigenvalue weighted by Crippen LogP contribution is 2.40. The highest BCUT2D eigenvalue weighted by molar-refractivity contribution is 9.10. The first-order chi connectivity index (χ1) is 10.1. The van der Waals surface area contributed by atoms with Gasteiger partial charge >= 0.3 is 0 Å². The van der Waals surface area contributed by atoms with E-state index in [1.54, 1.807) is 19.2 Å². The van der Waals surface area contributed by atoms with Crippen molar-refractivity contribution in [1.82, 2.24) is 4.98 Å². The maximum atomic E-state index is 10.4. The van der Waals surface area contributed by atoms with E-state index in [2.05, 4.69) is 20.9 Å². The van der Waals surface area contributed by atoms with E-state index in [4.69, 9.17) is 16.3 Å². The molecule has 0 aliphatic rings. The molecule has 1 heterocycles. The van der Waals surface area contributed by atoms with E-state index in [-0.39, 0.29) is 5.75 Å². The molecule has 0 spiro atoms. The van der Waals surface area contributed by atoms with Gasteiger partial charge in [-0.1, -0.05) is 23.7 Å². The van der Waals surface area contributed by atoms with Crippen molar-refractivity contribution in [3.8, 4) is 22.8 Å². The van der Waals surface area contributed by atoms with E-state index >= 15 is 0 Å². The van der Waals surface area contributed by atoms with Gasteiger partial charge < -0.3 is 9.84 Å². The lowest BCUT2D eigenvalue weighted by Crippen LogP contribution is -1.90. The molecule has 0 saturated carbocycles. The third kappa shape index (κ3) is 2.57. The molecule has 0 aliphatic carbocycles. The number of benzene rings is 2. The molecule has 0 fully saturated rings. The Balaban J connectivity index is 2.25. The minimum atomic E-state index is 0.0954. The highest BCUT2D eigenvalue weighted by atomic mass is 79.9. The maximum absolute atomic E-state index is 10.4. The van der Waals surface area contributed by atoms with Gasteiger partial charge in [0.15, 0.2) is 5.75 Å². The fourth-order valence-electron chi connectivity index (χ4n) is 2.13. The summed E-state index contributed by atoms with van der Waals surface area (Å²) in [6.45, 7) is 0. The van der Waals surface area contributed by atoms with Crippen molar-refractivity contribution < 1.29 is 9.84 Å². The Labute approximate surface area is 135 Å². The van der Waals surface area contributed by atoms with Crippen LogP contribution in [0.15, 0.2) is 46.9 Å². The van der Waals surface area contributed by atoms with Gasteiger partial charge in [-0.25, -0.2) is 4.98 Å². The van der Waals surface area contributed by atoms with Crippen LogP contribution in [0.4, 0.5) is 0 Å². The van der Waals surface area contributed by atoms with Crippen LogP contribution in [0.3, 0.4) is 0 Å². The highest BCUT2D eigenvalue weighted by Gasteiger charge is 2.14. The largest absolute Gasteiger partial charge is 0.505 e. The van der Waals surface area contributed by atoms with Gasteiger partial charge in [0.2, 0.25) is 0 Å². The van der Waals surface area contributed by atoms with Crippen LogP contribution >= 0.6 is 27.5 Å². The molecule has 3 nitrogen and oxygen atoms in total. The zero-order valence-electron chi connectivity index (χ0n) is 11.1. The summed E-state index contributed by atoms with van der Waals surface area (Å²) in [5.74, 6) is 0.807. The first-order valence-electron chi connectivity index (χ1n) is 6.22. The normalized spacial score (nSPS) is 10.8. The van der Waals surface area contributed by atoms with Crippen molar-refractivity contribution in [2.75, 3.05) is 7.11 Å². The summed E-state index contributed by atoms with van der Waals surface area (Å²) in [7, 11) is 1.60. The first kappa shape index (κ1) is 14.2. The molecule has 2 aromatic carbocycles. The van der Waals surface area contributed by atoms with Crippen LogP contribution in [0.5, 0.6) is 11.5 Å². The maximum Gasteiger partial charge on any atom is 0.156 e. The summed E-state index contributed by atoms with van der Waals surface area (Å²) < 4.78 is 5.79. The number of aromatic nitrogens is 1. The van der Waals surface area contributed by atoms with Gasteiger partial charge in [0.1, 0.15) is 11.4 Å². The van der Waals surface area contributed by atoms with E-state index in [1.165, 1.54) is 0 Å². The second-order valence-corrected chi connectivity index (χ2v) is 5.74. The molecule has 0 amide bonds. The van der Waals surface area contributed by atoms with E-state index in [1.807, 2.05) is 30.3 Å². The van der Waals surface area contributed by atoms with E-state index in [9.17, 15) is 5.11 Å². The minimum Gasteiger partial charge on any atom is -0.505 e. The Morgan fingerprint density at radius 3 is 2.52 bits per heavy atom. The lowest BCUT2D eigenvalue weighted by atomic mass is 10.1. The van der Waals surface area contributed by atoms with Crippen LogP contribution in [0, 0.1) is 0 Å². The molecule has 0 unspecified atom stereocenters. The van der Waals surface area contributed by atoms with Gasteiger partial charge in [-0.05, 0) is 46.3 Å². The van der Waals surface area contributed by atoms with Crippen LogP contribution < -0.4 is 4.74 Å². The molecule has 0 radical (unpaired) electrons. The SMILES string of the molecule is COc1ccc2nc(-c3ccc(Cl)cc3)c(O)c(Br)c2c1. The van der Waals surface area contributed by atoms with Gasteiger partial charge in [-0.2, -0.15) is 0 Å². The lowest BCUT2D eigenvalue weighted by molar-refractivity contribution is 0.415. The summed E-state index contributed by atoms with van der Waals surface area (Å²) in [5.41, 5.74) is 2.08. The smallest absolute Gasteiger partial charge is 0.156 e. The van der Waals surface area contributed by atoms with Crippen molar-refractivity contribution >= 4 is 38.4 Å². The molecule has 1 N–H and O–H groups in total. The van der Waals surface area contributed by atoms with Gasteiger partial charge in [-0.3, -0.25) is 0 Å². The number of nitrogens with zero attached hydrogens (tertiary/aromatic N) is 1. The molecule has 0 saturated heterocycles. The zero-order chi connectivity index (χ0) is 15.0. The Morgan fingerprint density at radius 2 is 1.86 bits per heavy atom. The summed E-state index contributed by atoms with van der Waals surface area (Å²) in [5, 5.41) is 11.8. The van der Waals surface area contributed by atoms with Crippen molar-refractivity contribution in [3.63, 3.8) is 0 Å². The number of fused-ring (bicyclic) bond motifs is 1. The molecule has 21 heavy (non-hydrogen) atoms. The van der Waals surface area contributed by atoms with Crippen molar-refractivity contribution in [2.45, 2.75) is 0 Å². The average Bonchev–Trinajstić information content (AvgIpc) is 2.51. The summed E-state index contributed by atoms with van der Waals surface area (Å²) in [6.07, 6.45) is 0. The molecule has 0 bridgehead atoms. The van der Waals surface area contributed by atoms with Crippen molar-refractivity contribution in [1.29, 1.82) is 0 Å². The second kappa shape index (κ2) is 5.54. The van der Waals surface area contributed by atoms with E-state index in [0.717, 1.165) is 16.5 Å². The van der Waals surface area contributed by atoms with Crippen LogP contribution in [-0.4, -0.2) is 17.2 Å².